The molecule has 0 saturated carbocycles. The zero-order valence-electron chi connectivity index (χ0n) is 9.94. The molecule has 0 spiro atoms. The zero-order chi connectivity index (χ0) is 13.0. The Balaban J connectivity index is 2.16. The van der Waals surface area contributed by atoms with Gasteiger partial charge in [0.15, 0.2) is 0 Å². The van der Waals surface area contributed by atoms with Gasteiger partial charge in [-0.25, -0.2) is 0 Å². The molecule has 0 atom stereocenters. The maximum Gasteiger partial charge on any atom is 0.101 e. The van der Waals surface area contributed by atoms with Gasteiger partial charge in [0.2, 0.25) is 0 Å². The van der Waals surface area contributed by atoms with Crippen molar-refractivity contribution in [3.8, 4) is 6.07 Å². The molecular weight excluding hydrogens is 246 g/mol. The smallest absolute Gasteiger partial charge is 0.101 e. The van der Waals surface area contributed by atoms with Gasteiger partial charge in [0.05, 0.1) is 11.3 Å². The summed E-state index contributed by atoms with van der Waals surface area (Å²) < 4.78 is 0. The number of nitrogens with zero attached hydrogens (tertiary/aromatic N) is 2. The number of anilines is 1. The number of aryl methyl sites for hydroxylation is 1. The highest BCUT2D eigenvalue weighted by Gasteiger charge is 2.03. The summed E-state index contributed by atoms with van der Waals surface area (Å²) in [6.45, 7) is 2.67. The van der Waals surface area contributed by atoms with Gasteiger partial charge in [-0.1, -0.05) is 11.6 Å². The molecule has 0 amide bonds. The van der Waals surface area contributed by atoms with Gasteiger partial charge in [0.1, 0.15) is 6.07 Å². The third kappa shape index (κ3) is 2.79. The van der Waals surface area contributed by atoms with Crippen molar-refractivity contribution < 1.29 is 0 Å². The Morgan fingerprint density at radius 2 is 2.22 bits per heavy atom. The average Bonchev–Trinajstić information content (AvgIpc) is 2.39. The Hall–Kier alpha value is -2.05. The molecule has 0 aliphatic rings. The molecule has 90 valence electrons. The Labute approximate surface area is 111 Å². The second-order valence-electron chi connectivity index (χ2n) is 3.96. The molecule has 1 aromatic carbocycles. The standard InChI is InChI=1S/C14H12ClN3/c1-10-4-5-17-8-12(10)9-18-14-3-2-13(15)6-11(14)7-16/h2-6,8,18H,9H2,1H3. The lowest BCUT2D eigenvalue weighted by Gasteiger charge is -2.10. The summed E-state index contributed by atoms with van der Waals surface area (Å²) in [7, 11) is 0. The quantitative estimate of drug-likeness (QED) is 0.915. The van der Waals surface area contributed by atoms with Crippen molar-refractivity contribution in [1.29, 1.82) is 5.26 Å². The van der Waals surface area contributed by atoms with Crippen LogP contribution in [-0.2, 0) is 6.54 Å². The summed E-state index contributed by atoms with van der Waals surface area (Å²) in [5.41, 5.74) is 3.61. The maximum atomic E-state index is 9.03. The molecule has 2 rings (SSSR count). The van der Waals surface area contributed by atoms with Crippen LogP contribution in [0.15, 0.2) is 36.7 Å². The van der Waals surface area contributed by atoms with E-state index in [9.17, 15) is 0 Å². The van der Waals surface area contributed by atoms with E-state index in [4.69, 9.17) is 16.9 Å². The minimum absolute atomic E-state index is 0.545. The predicted molar refractivity (Wildman–Crippen MR) is 72.5 cm³/mol. The summed E-state index contributed by atoms with van der Waals surface area (Å²) in [6, 6.07) is 9.32. The summed E-state index contributed by atoms with van der Waals surface area (Å²) in [5.74, 6) is 0. The number of rotatable bonds is 3. The van der Waals surface area contributed by atoms with Crippen molar-refractivity contribution in [2.75, 3.05) is 5.32 Å². The van der Waals surface area contributed by atoms with E-state index in [1.165, 1.54) is 5.56 Å². The molecular formula is C14H12ClN3. The molecule has 0 fully saturated rings. The lowest BCUT2D eigenvalue weighted by molar-refractivity contribution is 1.08. The van der Waals surface area contributed by atoms with Crippen LogP contribution in [0.1, 0.15) is 16.7 Å². The Morgan fingerprint density at radius 3 is 2.94 bits per heavy atom. The van der Waals surface area contributed by atoms with Gasteiger partial charge < -0.3 is 5.32 Å². The van der Waals surface area contributed by atoms with Crippen LogP contribution in [0.3, 0.4) is 0 Å². The van der Waals surface area contributed by atoms with Gasteiger partial charge in [-0.15, -0.1) is 0 Å². The molecule has 18 heavy (non-hydrogen) atoms. The third-order valence-corrected chi connectivity index (χ3v) is 2.95. The molecule has 0 unspecified atom stereocenters. The van der Waals surface area contributed by atoms with Crippen molar-refractivity contribution in [3.63, 3.8) is 0 Å². The van der Waals surface area contributed by atoms with E-state index in [-0.39, 0.29) is 0 Å². The number of benzene rings is 1. The van der Waals surface area contributed by atoms with Crippen LogP contribution in [0.4, 0.5) is 5.69 Å². The van der Waals surface area contributed by atoms with Crippen LogP contribution >= 0.6 is 11.6 Å². The van der Waals surface area contributed by atoms with Crippen molar-refractivity contribution in [1.82, 2.24) is 4.98 Å². The lowest BCUT2D eigenvalue weighted by atomic mass is 10.1. The number of halogens is 1. The van der Waals surface area contributed by atoms with Gasteiger partial charge in [-0.2, -0.15) is 5.26 Å². The SMILES string of the molecule is Cc1ccncc1CNc1ccc(Cl)cc1C#N. The molecule has 2 aromatic rings. The first kappa shape index (κ1) is 12.4. The minimum atomic E-state index is 0.545. The maximum absolute atomic E-state index is 9.03. The summed E-state index contributed by atoms with van der Waals surface area (Å²) in [5, 5.41) is 12.8. The van der Waals surface area contributed by atoms with Gasteiger partial charge >= 0.3 is 0 Å². The van der Waals surface area contributed by atoms with E-state index in [0.29, 0.717) is 17.1 Å². The molecule has 4 heteroatoms. The summed E-state index contributed by atoms with van der Waals surface area (Å²) in [4.78, 5) is 4.09. The number of hydrogen-bond acceptors (Lipinski definition) is 3. The summed E-state index contributed by atoms with van der Waals surface area (Å²) >= 11 is 5.85. The lowest BCUT2D eigenvalue weighted by Crippen LogP contribution is -2.03. The van der Waals surface area contributed by atoms with E-state index in [1.54, 1.807) is 18.3 Å². The van der Waals surface area contributed by atoms with Crippen LogP contribution in [0.25, 0.3) is 0 Å². The van der Waals surface area contributed by atoms with Crippen molar-refractivity contribution in [3.05, 3.63) is 58.4 Å². The fraction of sp³-hybridized carbons (Fsp3) is 0.143. The van der Waals surface area contributed by atoms with Crippen molar-refractivity contribution in [2.45, 2.75) is 13.5 Å². The van der Waals surface area contributed by atoms with Gasteiger partial charge in [0, 0.05) is 24.0 Å². The number of nitrogens with one attached hydrogen (secondary N) is 1. The molecule has 1 aromatic heterocycles. The van der Waals surface area contributed by atoms with Crippen LogP contribution in [0, 0.1) is 18.3 Å². The summed E-state index contributed by atoms with van der Waals surface area (Å²) in [6.07, 6.45) is 3.59. The first-order valence-electron chi connectivity index (χ1n) is 5.53. The third-order valence-electron chi connectivity index (χ3n) is 2.72. The Bertz CT molecular complexity index is 602. The van der Waals surface area contributed by atoms with Gasteiger partial charge in [-0.05, 0) is 42.3 Å². The molecule has 0 saturated heterocycles. The monoisotopic (exact) mass is 257 g/mol. The van der Waals surface area contributed by atoms with Gasteiger partial charge in [0.25, 0.3) is 0 Å². The molecule has 0 radical (unpaired) electrons. The zero-order valence-corrected chi connectivity index (χ0v) is 10.7. The topological polar surface area (TPSA) is 48.7 Å². The van der Waals surface area contributed by atoms with E-state index >= 15 is 0 Å². The fourth-order valence-electron chi connectivity index (χ4n) is 1.64. The fourth-order valence-corrected chi connectivity index (χ4v) is 1.81. The predicted octanol–water partition coefficient (Wildman–Crippen LogP) is 3.53. The number of aromatic nitrogens is 1. The second-order valence-corrected chi connectivity index (χ2v) is 4.39. The molecule has 3 nitrogen and oxygen atoms in total. The van der Waals surface area contributed by atoms with E-state index < -0.39 is 0 Å². The first-order chi connectivity index (χ1) is 8.70. The number of hydrogen-bond donors (Lipinski definition) is 1. The minimum Gasteiger partial charge on any atom is -0.380 e. The van der Waals surface area contributed by atoms with E-state index in [1.807, 2.05) is 25.3 Å². The highest BCUT2D eigenvalue weighted by molar-refractivity contribution is 6.30. The van der Waals surface area contributed by atoms with E-state index in [2.05, 4.69) is 16.4 Å². The van der Waals surface area contributed by atoms with Crippen LogP contribution in [-0.4, -0.2) is 4.98 Å². The Kier molecular flexibility index (Phi) is 3.81. The van der Waals surface area contributed by atoms with Crippen LogP contribution in [0.2, 0.25) is 5.02 Å². The second kappa shape index (κ2) is 5.52. The van der Waals surface area contributed by atoms with Crippen molar-refractivity contribution >= 4 is 17.3 Å². The molecule has 0 aliphatic heterocycles. The first-order valence-corrected chi connectivity index (χ1v) is 5.91. The van der Waals surface area contributed by atoms with Crippen LogP contribution < -0.4 is 5.32 Å². The number of nitriles is 1. The molecule has 1 N–H and O–H groups in total. The highest BCUT2D eigenvalue weighted by atomic mass is 35.5. The van der Waals surface area contributed by atoms with Gasteiger partial charge in [-0.3, -0.25) is 4.98 Å². The van der Waals surface area contributed by atoms with Crippen molar-refractivity contribution in [2.24, 2.45) is 0 Å². The number of pyridine rings is 1. The Morgan fingerprint density at radius 1 is 1.39 bits per heavy atom. The van der Waals surface area contributed by atoms with E-state index in [0.717, 1.165) is 11.3 Å². The van der Waals surface area contributed by atoms with Crippen LogP contribution in [0.5, 0.6) is 0 Å². The molecule has 0 aliphatic carbocycles. The molecule has 1 heterocycles. The molecule has 0 bridgehead atoms. The largest absolute Gasteiger partial charge is 0.380 e. The average molecular weight is 258 g/mol. The normalized spacial score (nSPS) is 9.83. The highest BCUT2D eigenvalue weighted by Crippen LogP contribution is 2.20.